The SMILES string of the molecule is CCOc1cccc(NC(=O)NCC(O)[C@H]2COC(C)(C)O2)c1. The summed E-state index contributed by atoms with van der Waals surface area (Å²) in [5, 5.41) is 15.3. The second kappa shape index (κ2) is 7.63. The molecule has 0 aromatic heterocycles. The van der Waals surface area contributed by atoms with Gasteiger partial charge < -0.3 is 30.0 Å². The van der Waals surface area contributed by atoms with Crippen molar-refractivity contribution in [3.8, 4) is 5.75 Å². The van der Waals surface area contributed by atoms with Crippen LogP contribution in [0.15, 0.2) is 24.3 Å². The summed E-state index contributed by atoms with van der Waals surface area (Å²) in [5.74, 6) is -0.0164. The number of hydrogen-bond acceptors (Lipinski definition) is 5. The van der Waals surface area contributed by atoms with Crippen molar-refractivity contribution in [2.24, 2.45) is 0 Å². The number of aliphatic hydroxyl groups excluding tert-OH is 1. The molecule has 1 aliphatic rings. The van der Waals surface area contributed by atoms with Crippen molar-refractivity contribution in [2.75, 3.05) is 25.1 Å². The zero-order chi connectivity index (χ0) is 16.9. The third kappa shape index (κ3) is 5.38. The van der Waals surface area contributed by atoms with Crippen molar-refractivity contribution in [1.29, 1.82) is 0 Å². The van der Waals surface area contributed by atoms with E-state index in [1.165, 1.54) is 0 Å². The molecule has 1 fully saturated rings. The molecule has 23 heavy (non-hydrogen) atoms. The van der Waals surface area contributed by atoms with Crippen LogP contribution in [0.25, 0.3) is 0 Å². The summed E-state index contributed by atoms with van der Waals surface area (Å²) in [4.78, 5) is 11.9. The predicted octanol–water partition coefficient (Wildman–Crippen LogP) is 1.72. The van der Waals surface area contributed by atoms with Gasteiger partial charge in [0.15, 0.2) is 5.79 Å². The summed E-state index contributed by atoms with van der Waals surface area (Å²) in [6.45, 7) is 6.39. The average Bonchev–Trinajstić information content (AvgIpc) is 2.86. The molecule has 0 spiro atoms. The molecular formula is C16H24N2O5. The molecule has 1 saturated heterocycles. The second-order valence-electron chi connectivity index (χ2n) is 5.73. The summed E-state index contributed by atoms with van der Waals surface area (Å²) in [6, 6.07) is 6.69. The molecule has 2 atom stereocenters. The summed E-state index contributed by atoms with van der Waals surface area (Å²) < 4.78 is 16.3. The van der Waals surface area contributed by atoms with Gasteiger partial charge in [0, 0.05) is 18.3 Å². The van der Waals surface area contributed by atoms with Crippen molar-refractivity contribution < 1.29 is 24.1 Å². The molecule has 1 aromatic carbocycles. The van der Waals surface area contributed by atoms with Gasteiger partial charge in [0.05, 0.1) is 19.3 Å². The summed E-state index contributed by atoms with van der Waals surface area (Å²) in [5.41, 5.74) is 0.615. The van der Waals surface area contributed by atoms with Gasteiger partial charge in [-0.2, -0.15) is 0 Å². The van der Waals surface area contributed by atoms with Crippen LogP contribution in [0.5, 0.6) is 5.75 Å². The first-order valence-electron chi connectivity index (χ1n) is 7.67. The lowest BCUT2D eigenvalue weighted by Gasteiger charge is -2.20. The Kier molecular flexibility index (Phi) is 5.81. The highest BCUT2D eigenvalue weighted by molar-refractivity contribution is 5.89. The highest BCUT2D eigenvalue weighted by atomic mass is 16.7. The molecule has 7 nitrogen and oxygen atoms in total. The van der Waals surface area contributed by atoms with E-state index in [0.717, 1.165) is 0 Å². The number of carbonyl (C=O) groups excluding carboxylic acids is 1. The van der Waals surface area contributed by atoms with Crippen LogP contribution < -0.4 is 15.4 Å². The molecule has 1 unspecified atom stereocenters. The molecule has 2 amide bonds. The van der Waals surface area contributed by atoms with Gasteiger partial charge in [-0.25, -0.2) is 4.79 Å². The van der Waals surface area contributed by atoms with E-state index in [-0.39, 0.29) is 6.54 Å². The fraction of sp³-hybridized carbons (Fsp3) is 0.562. The van der Waals surface area contributed by atoms with E-state index < -0.39 is 24.0 Å². The van der Waals surface area contributed by atoms with Crippen molar-refractivity contribution in [3.63, 3.8) is 0 Å². The van der Waals surface area contributed by atoms with Crippen LogP contribution in [-0.2, 0) is 9.47 Å². The van der Waals surface area contributed by atoms with Crippen molar-refractivity contribution in [1.82, 2.24) is 5.32 Å². The Morgan fingerprint density at radius 1 is 1.52 bits per heavy atom. The Hall–Kier alpha value is -1.83. The van der Waals surface area contributed by atoms with Crippen LogP contribution in [0, 0.1) is 0 Å². The molecule has 0 saturated carbocycles. The number of amides is 2. The van der Waals surface area contributed by atoms with E-state index in [1.807, 2.05) is 13.0 Å². The third-order valence-electron chi connectivity index (χ3n) is 3.33. The van der Waals surface area contributed by atoms with Crippen LogP contribution in [-0.4, -0.2) is 48.9 Å². The Morgan fingerprint density at radius 2 is 2.30 bits per heavy atom. The molecule has 1 aliphatic heterocycles. The Morgan fingerprint density at radius 3 is 2.96 bits per heavy atom. The summed E-state index contributed by atoms with van der Waals surface area (Å²) in [6.07, 6.45) is -1.29. The average molecular weight is 324 g/mol. The van der Waals surface area contributed by atoms with E-state index in [4.69, 9.17) is 14.2 Å². The number of rotatable bonds is 6. The maximum Gasteiger partial charge on any atom is 0.319 e. The number of ether oxygens (including phenoxy) is 3. The van der Waals surface area contributed by atoms with Crippen LogP contribution in [0.4, 0.5) is 10.5 Å². The molecule has 1 heterocycles. The van der Waals surface area contributed by atoms with Gasteiger partial charge in [-0.05, 0) is 32.9 Å². The van der Waals surface area contributed by atoms with Crippen LogP contribution >= 0.6 is 0 Å². The van der Waals surface area contributed by atoms with Crippen molar-refractivity contribution in [2.45, 2.75) is 38.8 Å². The van der Waals surface area contributed by atoms with Gasteiger partial charge in [-0.1, -0.05) is 6.07 Å². The highest BCUT2D eigenvalue weighted by Crippen LogP contribution is 2.24. The lowest BCUT2D eigenvalue weighted by Crippen LogP contribution is -2.42. The van der Waals surface area contributed by atoms with Crippen LogP contribution in [0.1, 0.15) is 20.8 Å². The standard InChI is InChI=1S/C16H24N2O5/c1-4-21-12-7-5-6-11(8-12)18-15(20)17-9-13(19)14-10-22-16(2,3)23-14/h5-8,13-14,19H,4,9-10H2,1-3H3,(H2,17,18,20)/t13?,14-/m1/s1. The van der Waals surface area contributed by atoms with Crippen molar-refractivity contribution >= 4 is 11.7 Å². The van der Waals surface area contributed by atoms with Gasteiger partial charge in [-0.15, -0.1) is 0 Å². The fourth-order valence-electron chi connectivity index (χ4n) is 2.24. The molecule has 7 heteroatoms. The zero-order valence-electron chi connectivity index (χ0n) is 13.7. The molecule has 1 aromatic rings. The topological polar surface area (TPSA) is 89.1 Å². The minimum atomic E-state index is -0.836. The normalized spacial score (nSPS) is 20.8. The molecule has 0 radical (unpaired) electrons. The fourth-order valence-corrected chi connectivity index (χ4v) is 2.24. The van der Waals surface area contributed by atoms with E-state index in [1.54, 1.807) is 32.0 Å². The van der Waals surface area contributed by atoms with Gasteiger partial charge >= 0.3 is 6.03 Å². The maximum atomic E-state index is 11.9. The molecular weight excluding hydrogens is 300 g/mol. The summed E-state index contributed by atoms with van der Waals surface area (Å²) >= 11 is 0. The quantitative estimate of drug-likeness (QED) is 0.741. The number of hydrogen-bond donors (Lipinski definition) is 3. The lowest BCUT2D eigenvalue weighted by molar-refractivity contribution is -0.150. The predicted molar refractivity (Wildman–Crippen MR) is 85.5 cm³/mol. The van der Waals surface area contributed by atoms with Crippen LogP contribution in [0.2, 0.25) is 0 Å². The number of benzene rings is 1. The lowest BCUT2D eigenvalue weighted by atomic mass is 10.2. The smallest absolute Gasteiger partial charge is 0.319 e. The van der Waals surface area contributed by atoms with Gasteiger partial charge in [0.2, 0.25) is 0 Å². The second-order valence-corrected chi connectivity index (χ2v) is 5.73. The first-order valence-corrected chi connectivity index (χ1v) is 7.67. The number of urea groups is 1. The first kappa shape index (κ1) is 17.5. The van der Waals surface area contributed by atoms with Crippen molar-refractivity contribution in [3.05, 3.63) is 24.3 Å². The Bertz CT molecular complexity index is 535. The minimum absolute atomic E-state index is 0.0705. The molecule has 2 rings (SSSR count). The molecule has 128 valence electrons. The summed E-state index contributed by atoms with van der Waals surface area (Å²) in [7, 11) is 0. The van der Waals surface area contributed by atoms with Gasteiger partial charge in [0.1, 0.15) is 11.9 Å². The molecule has 0 bridgehead atoms. The first-order chi connectivity index (χ1) is 10.9. The monoisotopic (exact) mass is 324 g/mol. The number of aliphatic hydroxyl groups is 1. The maximum absolute atomic E-state index is 11.9. The van der Waals surface area contributed by atoms with E-state index in [2.05, 4.69) is 10.6 Å². The molecule has 0 aliphatic carbocycles. The van der Waals surface area contributed by atoms with E-state index in [9.17, 15) is 9.90 Å². The van der Waals surface area contributed by atoms with Gasteiger partial charge in [-0.3, -0.25) is 0 Å². The largest absolute Gasteiger partial charge is 0.494 e. The van der Waals surface area contributed by atoms with E-state index >= 15 is 0 Å². The minimum Gasteiger partial charge on any atom is -0.494 e. The number of anilines is 1. The zero-order valence-corrected chi connectivity index (χ0v) is 13.7. The van der Waals surface area contributed by atoms with Crippen LogP contribution in [0.3, 0.4) is 0 Å². The molecule has 3 N–H and O–H groups in total. The Balaban J connectivity index is 1.78. The van der Waals surface area contributed by atoms with Gasteiger partial charge in [0.25, 0.3) is 0 Å². The Labute approximate surface area is 135 Å². The number of nitrogens with one attached hydrogen (secondary N) is 2. The number of carbonyl (C=O) groups is 1. The highest BCUT2D eigenvalue weighted by Gasteiger charge is 2.36. The van der Waals surface area contributed by atoms with E-state index in [0.29, 0.717) is 24.7 Å². The third-order valence-corrected chi connectivity index (χ3v) is 3.33.